The van der Waals surface area contributed by atoms with E-state index in [1.165, 1.54) is 24.6 Å². The Morgan fingerprint density at radius 2 is 2.21 bits per heavy atom. The number of carbonyl (C=O) groups is 1. The second-order valence-electron chi connectivity index (χ2n) is 5.66. The first-order valence-corrected chi connectivity index (χ1v) is 8.90. The molecule has 0 atom stereocenters. The highest BCUT2D eigenvalue weighted by atomic mass is 32.1. The first-order valence-electron chi connectivity index (χ1n) is 8.02. The van der Waals surface area contributed by atoms with Crippen molar-refractivity contribution in [3.8, 4) is 27.9 Å². The fraction of sp³-hybridized carbons (Fsp3) is 0.176. The molecule has 0 fully saturated rings. The predicted molar refractivity (Wildman–Crippen MR) is 97.0 cm³/mol. The Morgan fingerprint density at radius 3 is 2.96 bits per heavy atom. The molecule has 0 bridgehead atoms. The van der Waals surface area contributed by atoms with Crippen LogP contribution < -0.4 is 4.74 Å². The van der Waals surface area contributed by atoms with Crippen LogP contribution in [-0.2, 0) is 4.74 Å². The summed E-state index contributed by atoms with van der Waals surface area (Å²) in [7, 11) is 1.53. The summed E-state index contributed by atoms with van der Waals surface area (Å²) in [6.07, 6.45) is 0. The highest BCUT2D eigenvalue weighted by molar-refractivity contribution is 7.13. The average Bonchev–Trinajstić information content (AvgIpc) is 3.40. The number of carboxylic acids is 1. The fourth-order valence-electron chi connectivity index (χ4n) is 2.53. The number of benzene rings is 1. The zero-order valence-corrected chi connectivity index (χ0v) is 15.2. The average molecular weight is 404 g/mol. The molecule has 0 aliphatic carbocycles. The van der Waals surface area contributed by atoms with Gasteiger partial charge in [0.05, 0.1) is 12.1 Å². The molecule has 28 heavy (non-hydrogen) atoms. The molecule has 0 unspecified atom stereocenters. The van der Waals surface area contributed by atoms with E-state index in [9.17, 15) is 9.18 Å². The van der Waals surface area contributed by atoms with Crippen LogP contribution in [0.15, 0.2) is 28.1 Å². The number of fused-ring (bicyclic) bond motifs is 1. The van der Waals surface area contributed by atoms with E-state index in [0.29, 0.717) is 39.7 Å². The van der Waals surface area contributed by atoms with Crippen LogP contribution in [0.4, 0.5) is 4.39 Å². The van der Waals surface area contributed by atoms with Gasteiger partial charge in [0, 0.05) is 30.0 Å². The number of ether oxygens (including phenoxy) is 2. The summed E-state index contributed by atoms with van der Waals surface area (Å²) in [6.45, 7) is 0.560. The number of methoxy groups -OCH3 is 1. The molecule has 1 aromatic carbocycles. The van der Waals surface area contributed by atoms with E-state index in [0.717, 1.165) is 11.3 Å². The van der Waals surface area contributed by atoms with Gasteiger partial charge < -0.3 is 19.1 Å². The molecular formula is C17H13FN4O5S. The van der Waals surface area contributed by atoms with Gasteiger partial charge in [-0.15, -0.1) is 11.3 Å². The van der Waals surface area contributed by atoms with E-state index in [-0.39, 0.29) is 18.1 Å². The monoisotopic (exact) mass is 404 g/mol. The quantitative estimate of drug-likeness (QED) is 0.450. The minimum Gasteiger partial charge on any atom is -0.488 e. The maximum Gasteiger partial charge on any atom is 0.355 e. The molecule has 4 aromatic rings. The molecule has 9 nitrogen and oxygen atoms in total. The van der Waals surface area contributed by atoms with Crippen molar-refractivity contribution in [3.05, 3.63) is 35.1 Å². The fourth-order valence-corrected chi connectivity index (χ4v) is 3.27. The lowest BCUT2D eigenvalue weighted by molar-refractivity contribution is 0.0691. The molecule has 144 valence electrons. The largest absolute Gasteiger partial charge is 0.488 e. The molecule has 0 saturated heterocycles. The third kappa shape index (κ3) is 3.32. The summed E-state index contributed by atoms with van der Waals surface area (Å²) in [5.41, 5.74) is 1.22. The molecule has 4 rings (SSSR count). The molecule has 0 amide bonds. The van der Waals surface area contributed by atoms with Crippen molar-refractivity contribution in [2.24, 2.45) is 0 Å². The predicted octanol–water partition coefficient (Wildman–Crippen LogP) is 3.20. The number of thiazole rings is 1. The molecule has 3 heterocycles. The highest BCUT2D eigenvalue weighted by Gasteiger charge is 2.19. The van der Waals surface area contributed by atoms with Gasteiger partial charge >= 0.3 is 5.97 Å². The second-order valence-corrected chi connectivity index (χ2v) is 6.52. The first kappa shape index (κ1) is 18.1. The minimum atomic E-state index is -1.12. The van der Waals surface area contributed by atoms with Crippen LogP contribution in [0, 0.1) is 5.82 Å². The van der Waals surface area contributed by atoms with Gasteiger partial charge in [-0.05, 0) is 6.07 Å². The van der Waals surface area contributed by atoms with Crippen molar-refractivity contribution in [3.63, 3.8) is 0 Å². The number of H-pyrrole nitrogens is 1. The van der Waals surface area contributed by atoms with Gasteiger partial charge in [-0.1, -0.05) is 5.16 Å². The Bertz CT molecular complexity index is 1150. The number of carboxylic acid groups (broad SMARTS) is 1. The molecule has 11 heteroatoms. The van der Waals surface area contributed by atoms with Crippen molar-refractivity contribution >= 4 is 28.2 Å². The number of nitrogens with one attached hydrogen (secondary N) is 1. The Kier molecular flexibility index (Phi) is 4.75. The molecule has 0 saturated carbocycles. The maximum atomic E-state index is 14.4. The zero-order chi connectivity index (χ0) is 19.7. The smallest absolute Gasteiger partial charge is 0.355 e. The normalized spacial score (nSPS) is 11.2. The number of hydrogen-bond acceptors (Lipinski definition) is 8. The van der Waals surface area contributed by atoms with E-state index in [2.05, 4.69) is 20.3 Å². The van der Waals surface area contributed by atoms with Crippen LogP contribution in [-0.4, -0.2) is 51.7 Å². The molecule has 0 aliphatic heterocycles. The maximum absolute atomic E-state index is 14.4. The van der Waals surface area contributed by atoms with Gasteiger partial charge in [0.15, 0.2) is 23.0 Å². The van der Waals surface area contributed by atoms with Crippen molar-refractivity contribution in [1.29, 1.82) is 0 Å². The minimum absolute atomic E-state index is 0.0714. The number of halogens is 1. The molecule has 3 aromatic heterocycles. The SMILES string of the molecule is COCCOc1cc2[nH]nc(-c3cc(-c4nc(C(=O)O)cs4)no3)c2cc1F. The van der Waals surface area contributed by atoms with Gasteiger partial charge in [-0.25, -0.2) is 14.2 Å². The molecular weight excluding hydrogens is 391 g/mol. The van der Waals surface area contributed by atoms with Crippen LogP contribution in [0.5, 0.6) is 5.75 Å². The molecule has 0 aliphatic rings. The molecule has 0 spiro atoms. The lowest BCUT2D eigenvalue weighted by Crippen LogP contribution is -2.05. The van der Waals surface area contributed by atoms with E-state index >= 15 is 0 Å². The summed E-state index contributed by atoms with van der Waals surface area (Å²) in [4.78, 5) is 14.9. The van der Waals surface area contributed by atoms with E-state index < -0.39 is 11.8 Å². The Hall–Kier alpha value is -3.31. The molecule has 2 N–H and O–H groups in total. The number of aromatic amines is 1. The summed E-state index contributed by atoms with van der Waals surface area (Å²) in [5, 5.41) is 22.1. The Morgan fingerprint density at radius 1 is 1.36 bits per heavy atom. The van der Waals surface area contributed by atoms with Crippen LogP contribution in [0.25, 0.3) is 33.1 Å². The van der Waals surface area contributed by atoms with Crippen LogP contribution >= 0.6 is 11.3 Å². The topological polar surface area (TPSA) is 123 Å². The Balaban J connectivity index is 1.65. The summed E-state index contributed by atoms with van der Waals surface area (Å²) in [6, 6.07) is 4.37. The van der Waals surface area contributed by atoms with Crippen molar-refractivity contribution in [2.45, 2.75) is 0 Å². The number of hydrogen-bond donors (Lipinski definition) is 2. The van der Waals surface area contributed by atoms with Gasteiger partial charge in [-0.2, -0.15) is 5.10 Å². The van der Waals surface area contributed by atoms with E-state index in [4.69, 9.17) is 19.1 Å². The standard InChI is InChI=1S/C17H13FN4O5S/c1-25-2-3-26-13-5-10-8(4-9(13)18)15(21-20-10)14-6-11(22-27-14)16-19-12(7-28-16)17(23)24/h4-7H,2-3H2,1H3,(H,20,21)(H,23,24). The Labute approximate surface area is 160 Å². The number of aromatic carboxylic acids is 1. The van der Waals surface area contributed by atoms with Gasteiger partial charge in [-0.3, -0.25) is 5.10 Å². The van der Waals surface area contributed by atoms with Gasteiger partial charge in [0.2, 0.25) is 0 Å². The third-order valence-electron chi connectivity index (χ3n) is 3.85. The molecule has 0 radical (unpaired) electrons. The highest BCUT2D eigenvalue weighted by Crippen LogP contribution is 2.33. The third-order valence-corrected chi connectivity index (χ3v) is 4.71. The van der Waals surface area contributed by atoms with Crippen LogP contribution in [0.1, 0.15) is 10.5 Å². The summed E-state index contributed by atoms with van der Waals surface area (Å²) in [5.74, 6) is -1.29. The van der Waals surface area contributed by atoms with E-state index in [1.54, 1.807) is 6.07 Å². The van der Waals surface area contributed by atoms with Crippen LogP contribution in [0.3, 0.4) is 0 Å². The number of nitrogens with zero attached hydrogens (tertiary/aromatic N) is 3. The summed E-state index contributed by atoms with van der Waals surface area (Å²) < 4.78 is 29.9. The van der Waals surface area contributed by atoms with Gasteiger partial charge in [0.1, 0.15) is 23.0 Å². The van der Waals surface area contributed by atoms with E-state index in [1.807, 2.05) is 0 Å². The van der Waals surface area contributed by atoms with Crippen molar-refractivity contribution in [2.75, 3.05) is 20.3 Å². The first-order chi connectivity index (χ1) is 13.6. The number of rotatable bonds is 7. The lowest BCUT2D eigenvalue weighted by atomic mass is 10.1. The van der Waals surface area contributed by atoms with Crippen LogP contribution in [0.2, 0.25) is 0 Å². The zero-order valence-electron chi connectivity index (χ0n) is 14.4. The number of aromatic nitrogens is 4. The summed E-state index contributed by atoms with van der Waals surface area (Å²) >= 11 is 1.13. The van der Waals surface area contributed by atoms with Crippen molar-refractivity contribution in [1.82, 2.24) is 20.3 Å². The lowest BCUT2D eigenvalue weighted by Gasteiger charge is -2.06. The van der Waals surface area contributed by atoms with Crippen molar-refractivity contribution < 1.29 is 28.3 Å². The van der Waals surface area contributed by atoms with Gasteiger partial charge in [0.25, 0.3) is 0 Å². The second kappa shape index (κ2) is 7.37.